The lowest BCUT2D eigenvalue weighted by atomic mass is 9.46. The molecule has 0 spiro atoms. The summed E-state index contributed by atoms with van der Waals surface area (Å²) in [5, 5.41) is 7.88. The van der Waals surface area contributed by atoms with E-state index >= 15 is 0 Å². The van der Waals surface area contributed by atoms with E-state index < -0.39 is 0 Å². The van der Waals surface area contributed by atoms with E-state index in [1.54, 1.807) is 23.9 Å². The number of hydrogen-bond acceptors (Lipinski definition) is 6. The number of ketones is 1. The largest absolute Gasteiger partial charge is 0.435 e. The highest BCUT2D eigenvalue weighted by Crippen LogP contribution is 2.66. The maximum absolute atomic E-state index is 13.0. The second-order valence-corrected chi connectivity index (χ2v) is 14.3. The summed E-state index contributed by atoms with van der Waals surface area (Å²) in [6.45, 7) is 10.1. The molecule has 1 aliphatic heterocycles. The SMILES string of the molecule is CCN(CCC1CCC(C(=O)N(C)C)N1)C(=O)O/N=C(\C)[C@H]1CC[C@H]2[C@@H]3CCC4=CC(=O)CC[C@]4(C)[C@H]3CC[C@]12C. The average molecular weight is 569 g/mol. The fraction of sp³-hybridized carbons (Fsp3) is 0.818. The van der Waals surface area contributed by atoms with Gasteiger partial charge in [-0.2, -0.15) is 0 Å². The minimum Gasteiger partial charge on any atom is -0.347 e. The van der Waals surface area contributed by atoms with E-state index in [-0.39, 0.29) is 34.9 Å². The summed E-state index contributed by atoms with van der Waals surface area (Å²) in [7, 11) is 3.57. The number of nitrogens with one attached hydrogen (secondary N) is 1. The quantitative estimate of drug-likeness (QED) is 0.246. The Bertz CT molecular complexity index is 1100. The van der Waals surface area contributed by atoms with Gasteiger partial charge in [-0.3, -0.25) is 14.4 Å². The van der Waals surface area contributed by atoms with E-state index in [0.29, 0.717) is 49.0 Å². The molecule has 228 valence electrons. The van der Waals surface area contributed by atoms with Crippen molar-refractivity contribution in [1.82, 2.24) is 15.1 Å². The Kier molecular flexibility index (Phi) is 8.71. The third kappa shape index (κ3) is 5.62. The van der Waals surface area contributed by atoms with E-state index in [4.69, 9.17) is 4.84 Å². The molecule has 0 aromatic rings. The predicted octanol–water partition coefficient (Wildman–Crippen LogP) is 5.57. The molecule has 4 aliphatic carbocycles. The summed E-state index contributed by atoms with van der Waals surface area (Å²) in [6.07, 6.45) is 12.8. The lowest BCUT2D eigenvalue weighted by Crippen LogP contribution is -2.51. The number of hydrogen-bond donors (Lipinski definition) is 1. The van der Waals surface area contributed by atoms with Gasteiger partial charge in [-0.15, -0.1) is 0 Å². The Labute approximate surface area is 246 Å². The van der Waals surface area contributed by atoms with Crippen molar-refractivity contribution in [2.24, 2.45) is 39.7 Å². The molecule has 5 rings (SSSR count). The molecular weight excluding hydrogens is 516 g/mol. The first-order chi connectivity index (χ1) is 19.5. The summed E-state index contributed by atoms with van der Waals surface area (Å²) in [6, 6.07) is 0.0991. The summed E-state index contributed by atoms with van der Waals surface area (Å²) in [5.74, 6) is 2.81. The molecule has 2 amide bonds. The number of carbonyl (C=O) groups is 3. The monoisotopic (exact) mass is 568 g/mol. The van der Waals surface area contributed by atoms with Crippen LogP contribution < -0.4 is 5.32 Å². The zero-order valence-electron chi connectivity index (χ0n) is 26.2. The standard InChI is InChI=1S/C33H52N4O4/c1-7-37(19-16-23-9-13-29(34-23)30(39)36(5)6)31(40)41-35-21(2)26-11-12-27-25-10-8-22-20-24(38)14-17-32(22,3)28(25)15-18-33(26,27)4/h20,23,25-29,34H,7-19H2,1-6H3/b35-21+/t23?,25-,26+,27-,28-,29?,32-,33+/m0/s1. The molecule has 0 bridgehead atoms. The van der Waals surface area contributed by atoms with E-state index in [0.717, 1.165) is 44.2 Å². The van der Waals surface area contributed by atoms with Crippen LogP contribution in [0.15, 0.2) is 16.8 Å². The number of oxime groups is 1. The van der Waals surface area contributed by atoms with E-state index in [2.05, 4.69) is 24.3 Å². The van der Waals surface area contributed by atoms with Gasteiger partial charge in [-0.05, 0) is 113 Å². The van der Waals surface area contributed by atoms with Gasteiger partial charge in [0.15, 0.2) is 5.78 Å². The van der Waals surface area contributed by atoms with Crippen LogP contribution in [-0.2, 0) is 14.4 Å². The fourth-order valence-corrected chi connectivity index (χ4v) is 9.72. The van der Waals surface area contributed by atoms with Gasteiger partial charge in [0.2, 0.25) is 5.91 Å². The third-order valence-corrected chi connectivity index (χ3v) is 12.1. The number of carbonyl (C=O) groups excluding carboxylic acids is 3. The van der Waals surface area contributed by atoms with Gasteiger partial charge >= 0.3 is 6.09 Å². The zero-order valence-corrected chi connectivity index (χ0v) is 26.2. The molecule has 1 heterocycles. The third-order valence-electron chi connectivity index (χ3n) is 12.1. The fourth-order valence-electron chi connectivity index (χ4n) is 9.72. The van der Waals surface area contributed by atoms with Crippen molar-refractivity contribution in [2.75, 3.05) is 27.2 Å². The number of likely N-dealkylation sites (N-methyl/N-ethyl adjacent to an activating group) is 1. The highest BCUT2D eigenvalue weighted by atomic mass is 16.7. The van der Waals surface area contributed by atoms with Crippen LogP contribution in [0.5, 0.6) is 0 Å². The topological polar surface area (TPSA) is 91.3 Å². The molecule has 3 saturated carbocycles. The van der Waals surface area contributed by atoms with Gasteiger partial charge in [0.05, 0.1) is 11.8 Å². The highest BCUT2D eigenvalue weighted by Gasteiger charge is 2.59. The van der Waals surface area contributed by atoms with Gasteiger partial charge in [-0.25, -0.2) is 4.79 Å². The van der Waals surface area contributed by atoms with Crippen LogP contribution in [0.2, 0.25) is 0 Å². The van der Waals surface area contributed by atoms with Crippen LogP contribution in [0.25, 0.3) is 0 Å². The number of amides is 2. The number of allylic oxidation sites excluding steroid dienone is 1. The summed E-state index contributed by atoms with van der Waals surface area (Å²) < 4.78 is 0. The maximum Gasteiger partial charge on any atom is 0.435 e. The molecule has 1 N–H and O–H groups in total. The number of nitrogens with zero attached hydrogens (tertiary/aromatic N) is 3. The van der Waals surface area contributed by atoms with Crippen molar-refractivity contribution in [3.05, 3.63) is 11.6 Å². The van der Waals surface area contributed by atoms with Crippen LogP contribution in [0.3, 0.4) is 0 Å². The van der Waals surface area contributed by atoms with Gasteiger partial charge in [0.25, 0.3) is 0 Å². The van der Waals surface area contributed by atoms with E-state index in [1.807, 2.05) is 19.9 Å². The summed E-state index contributed by atoms with van der Waals surface area (Å²) >= 11 is 0. The smallest absolute Gasteiger partial charge is 0.347 e. The normalized spacial score (nSPS) is 38.4. The van der Waals surface area contributed by atoms with Gasteiger partial charge in [0.1, 0.15) is 0 Å². The van der Waals surface area contributed by atoms with Crippen molar-refractivity contribution < 1.29 is 19.2 Å². The molecule has 0 aromatic carbocycles. The Morgan fingerprint density at radius 3 is 2.56 bits per heavy atom. The molecular formula is C33H52N4O4. The first-order valence-corrected chi connectivity index (χ1v) is 16.2. The van der Waals surface area contributed by atoms with Crippen LogP contribution in [0.1, 0.15) is 98.3 Å². The molecule has 41 heavy (non-hydrogen) atoms. The first kappa shape index (κ1) is 30.2. The molecule has 4 fully saturated rings. The molecule has 8 atom stereocenters. The molecule has 0 aromatic heterocycles. The molecule has 8 nitrogen and oxygen atoms in total. The Morgan fingerprint density at radius 2 is 1.83 bits per heavy atom. The number of fused-ring (bicyclic) bond motifs is 5. The minimum absolute atomic E-state index is 0.116. The summed E-state index contributed by atoms with van der Waals surface area (Å²) in [5.41, 5.74) is 2.74. The Morgan fingerprint density at radius 1 is 1.05 bits per heavy atom. The summed E-state index contributed by atoms with van der Waals surface area (Å²) in [4.78, 5) is 46.3. The lowest BCUT2D eigenvalue weighted by Gasteiger charge is -2.58. The van der Waals surface area contributed by atoms with Crippen molar-refractivity contribution in [3.63, 3.8) is 0 Å². The average Bonchev–Trinajstić information content (AvgIpc) is 3.56. The Hall–Kier alpha value is -2.22. The molecule has 8 heteroatoms. The molecule has 2 unspecified atom stereocenters. The predicted molar refractivity (Wildman–Crippen MR) is 160 cm³/mol. The minimum atomic E-state index is -0.388. The highest BCUT2D eigenvalue weighted by molar-refractivity contribution is 5.91. The molecule has 1 saturated heterocycles. The van der Waals surface area contributed by atoms with E-state index in [1.165, 1.54) is 31.3 Å². The van der Waals surface area contributed by atoms with Crippen LogP contribution >= 0.6 is 0 Å². The molecule has 5 aliphatic rings. The van der Waals surface area contributed by atoms with Crippen molar-refractivity contribution in [3.8, 4) is 0 Å². The maximum atomic E-state index is 13.0. The second-order valence-electron chi connectivity index (χ2n) is 14.3. The molecule has 0 radical (unpaired) electrons. The Balaban J connectivity index is 1.17. The first-order valence-electron chi connectivity index (χ1n) is 16.2. The zero-order chi connectivity index (χ0) is 29.5. The second kappa shape index (κ2) is 11.8. The van der Waals surface area contributed by atoms with Crippen LogP contribution in [-0.4, -0.2) is 72.6 Å². The van der Waals surface area contributed by atoms with Crippen molar-refractivity contribution >= 4 is 23.5 Å². The van der Waals surface area contributed by atoms with Crippen molar-refractivity contribution in [1.29, 1.82) is 0 Å². The van der Waals surface area contributed by atoms with Crippen LogP contribution in [0, 0.1) is 34.5 Å². The van der Waals surface area contributed by atoms with Gasteiger partial charge in [-0.1, -0.05) is 24.6 Å². The van der Waals surface area contributed by atoms with Gasteiger partial charge < -0.3 is 15.1 Å². The van der Waals surface area contributed by atoms with E-state index in [9.17, 15) is 14.4 Å². The van der Waals surface area contributed by atoms with Crippen LogP contribution in [0.4, 0.5) is 4.79 Å². The lowest BCUT2D eigenvalue weighted by molar-refractivity contribution is -0.130. The van der Waals surface area contributed by atoms with Gasteiger partial charge in [0, 0.05) is 45.6 Å². The number of rotatable bonds is 7. The van der Waals surface area contributed by atoms with Crippen molar-refractivity contribution in [2.45, 2.75) is 110 Å².